The molecule has 0 aliphatic rings. The van der Waals surface area contributed by atoms with Crippen molar-refractivity contribution >= 4 is 118 Å². The number of nitrogens with one attached hydrogen (secondary N) is 19. The number of carbonyl (C=O) groups excluding carboxylic acids is 20. The molecule has 45 nitrogen and oxygen atoms in total. The first-order valence-electron chi connectivity index (χ1n) is 51.4. The van der Waals surface area contributed by atoms with E-state index in [1.807, 2.05) is 41.5 Å². The van der Waals surface area contributed by atoms with Crippen molar-refractivity contribution in [3.05, 3.63) is 0 Å². The standard InChI is InChI=1S/C98H183N25O20/c1-52(2)44-72(91(136)105-60(17)80(104)125)121-88(133)69(36-26-31-41-101)113-96(141)77(49-57(11)12)116-82(127)62(19)106-81(126)61(18)108-92(137)74(46-54(5)6)122-89(134)70(37-27-32-42-102)114-97(142)78(50-58(13)14)117-83(128)63(20)107-86(131)68(35-25-30-40-100)112-95(140)76(48-56(9)10)118-84(129)65(22)110-94(139)75(47-55(7)8)123-90(135)71(38-28-33-43-103)115-98(143)79(51-59(15)16)119-85(130)64(21)109-93(138)73(45-53(3)4)120-87(132)67(111-66(23)124)34-24-29-39-99/h52-65,67-79H,24-51,99-103H2,1-23H3,(H2,104,125)(H,105,136)(H,106,126)(H,107,131)(H,108,137)(H,109,138)(H,110,139)(H,111,124)(H,112,140)(H,113,141)(H,114,142)(H,115,143)(H,116,127)(H,117,128)(H,118,129)(H,119,130)(H,120,132)(H,121,133)(H,122,134)(H,123,135)/t60-,61-,62-,63-,64-,65-,67-,68-,69-,70-,71-,72-,73?,74-,75?,76?,77-,78-,79?/m1/s1. The number of hydrogen-bond donors (Lipinski definition) is 25. The largest absolute Gasteiger partial charge is 0.368 e. The van der Waals surface area contributed by atoms with E-state index in [-0.39, 0.29) is 157 Å². The van der Waals surface area contributed by atoms with E-state index < -0.39 is 233 Å². The normalized spacial score (nSPS) is 15.5. The number of amides is 20. The summed E-state index contributed by atoms with van der Waals surface area (Å²) in [6, 6.07) is -23.7. The molecule has 143 heavy (non-hydrogen) atoms. The van der Waals surface area contributed by atoms with Gasteiger partial charge in [-0.2, -0.15) is 0 Å². The van der Waals surface area contributed by atoms with Crippen molar-refractivity contribution in [2.24, 2.45) is 81.7 Å². The minimum absolute atomic E-state index is 0.00308. The molecular formula is C98H183N25O20. The average molecular weight is 2030 g/mol. The van der Waals surface area contributed by atoms with Crippen LogP contribution in [0.4, 0.5) is 0 Å². The molecule has 4 unspecified atom stereocenters. The van der Waals surface area contributed by atoms with Crippen LogP contribution >= 0.6 is 0 Å². The number of nitrogens with two attached hydrogens (primary N) is 6. The maximum Gasteiger partial charge on any atom is 0.243 e. The first-order valence-corrected chi connectivity index (χ1v) is 51.4. The SMILES string of the molecule is CC(=O)N[C@H](CCCCN)C(=O)NC(CC(C)C)C(=O)N[C@H](C)C(=O)NC(CC(C)C)C(=O)N[C@H](CCCCN)C(=O)NC(CC(C)C)C(=O)N[C@H](C)C(=O)NC(CC(C)C)C(=O)N[C@H](CCCCN)C(=O)N[C@H](C)C(=O)N[C@H](CC(C)C)C(=O)N[C@H](CCCCN)C(=O)N[C@H](CC(C)C)C(=O)N[C@H](C)C(=O)N[C@H](C)C(=O)N[C@H](CC(C)C)C(=O)N[C@H](CCCCN)C(=O)N[C@H](CC(C)C)C(=O)N[C@H](C)C(N)=O. The zero-order chi connectivity index (χ0) is 109. The van der Waals surface area contributed by atoms with Crippen LogP contribution in [0.1, 0.15) is 307 Å². The molecule has 0 aromatic carbocycles. The van der Waals surface area contributed by atoms with Gasteiger partial charge < -0.3 is 135 Å². The molecule has 0 aliphatic heterocycles. The van der Waals surface area contributed by atoms with Crippen LogP contribution in [0.3, 0.4) is 0 Å². The highest BCUT2D eigenvalue weighted by Gasteiger charge is 2.40. The van der Waals surface area contributed by atoms with Crippen LogP contribution in [0.25, 0.3) is 0 Å². The number of hydrogen-bond acceptors (Lipinski definition) is 25. The van der Waals surface area contributed by atoms with Crippen molar-refractivity contribution < 1.29 is 95.9 Å². The topological polar surface area (TPSA) is 726 Å². The third kappa shape index (κ3) is 55.8. The highest BCUT2D eigenvalue weighted by Crippen LogP contribution is 2.19. The average Bonchev–Trinajstić information content (AvgIpc) is 0.883. The lowest BCUT2D eigenvalue weighted by Crippen LogP contribution is -2.60. The predicted octanol–water partition coefficient (Wildman–Crippen LogP) is -1.16. The molecule has 0 bridgehead atoms. The van der Waals surface area contributed by atoms with E-state index in [0.717, 1.165) is 0 Å². The van der Waals surface area contributed by atoms with Gasteiger partial charge in [0, 0.05) is 6.92 Å². The molecule has 19 atom stereocenters. The van der Waals surface area contributed by atoms with Crippen molar-refractivity contribution in [3.8, 4) is 0 Å². The van der Waals surface area contributed by atoms with Gasteiger partial charge in [0.25, 0.3) is 0 Å². The fourth-order valence-corrected chi connectivity index (χ4v) is 15.3. The molecule has 45 heteroatoms. The number of unbranched alkanes of at least 4 members (excludes halogenated alkanes) is 5. The quantitative estimate of drug-likeness (QED) is 0.0319. The van der Waals surface area contributed by atoms with Crippen molar-refractivity contribution in [2.75, 3.05) is 32.7 Å². The minimum atomic E-state index is -1.38. The van der Waals surface area contributed by atoms with Gasteiger partial charge in [0.1, 0.15) is 115 Å². The molecule has 0 saturated heterocycles. The maximum absolute atomic E-state index is 14.6. The molecule has 0 heterocycles. The fraction of sp³-hybridized carbons (Fsp3) is 0.796. The third-order valence-corrected chi connectivity index (χ3v) is 23.2. The van der Waals surface area contributed by atoms with E-state index in [1.54, 1.807) is 69.2 Å². The van der Waals surface area contributed by atoms with Crippen LogP contribution in [-0.4, -0.2) is 266 Å². The Balaban J connectivity index is 6.84. The lowest BCUT2D eigenvalue weighted by atomic mass is 10.00. The van der Waals surface area contributed by atoms with Gasteiger partial charge in [0.15, 0.2) is 0 Å². The molecule has 0 fully saturated rings. The van der Waals surface area contributed by atoms with Crippen LogP contribution in [0.15, 0.2) is 0 Å². The van der Waals surface area contributed by atoms with Crippen molar-refractivity contribution in [3.63, 3.8) is 0 Å². The van der Waals surface area contributed by atoms with E-state index in [0.29, 0.717) is 70.8 Å². The smallest absolute Gasteiger partial charge is 0.243 e. The van der Waals surface area contributed by atoms with Crippen LogP contribution in [0.2, 0.25) is 0 Å². The molecule has 0 aliphatic carbocycles. The summed E-state index contributed by atoms with van der Waals surface area (Å²) in [6.07, 6.45) is 5.30. The second kappa shape index (κ2) is 70.8. The van der Waals surface area contributed by atoms with E-state index in [2.05, 4.69) is 101 Å². The molecule has 20 amide bonds. The van der Waals surface area contributed by atoms with Crippen LogP contribution in [0.5, 0.6) is 0 Å². The summed E-state index contributed by atoms with van der Waals surface area (Å²) in [7, 11) is 0. The van der Waals surface area contributed by atoms with Gasteiger partial charge in [-0.05, 0) is 269 Å². The van der Waals surface area contributed by atoms with E-state index in [9.17, 15) is 95.9 Å². The van der Waals surface area contributed by atoms with Gasteiger partial charge in [0.2, 0.25) is 118 Å². The molecule has 820 valence electrons. The van der Waals surface area contributed by atoms with Crippen molar-refractivity contribution in [2.45, 2.75) is 422 Å². The molecule has 0 radical (unpaired) electrons. The second-order valence-electron chi connectivity index (χ2n) is 41.2. The Morgan fingerprint density at radius 3 is 0.434 bits per heavy atom. The Kier molecular flexibility index (Phi) is 65.5. The van der Waals surface area contributed by atoms with Gasteiger partial charge in [0.05, 0.1) is 0 Å². The molecule has 31 N–H and O–H groups in total. The monoisotopic (exact) mass is 2030 g/mol. The van der Waals surface area contributed by atoms with E-state index in [1.165, 1.54) is 48.5 Å². The van der Waals surface area contributed by atoms with Gasteiger partial charge in [-0.25, -0.2) is 0 Å². The summed E-state index contributed by atoms with van der Waals surface area (Å²) in [5, 5.41) is 50.9. The summed E-state index contributed by atoms with van der Waals surface area (Å²) >= 11 is 0. The Bertz CT molecular complexity index is 4020. The predicted molar refractivity (Wildman–Crippen MR) is 546 cm³/mol. The number of rotatable bonds is 74. The summed E-state index contributed by atoms with van der Waals surface area (Å²) in [5.41, 5.74) is 34.4. The van der Waals surface area contributed by atoms with Gasteiger partial charge in [-0.15, -0.1) is 0 Å². The zero-order valence-electron chi connectivity index (χ0n) is 89.5. The van der Waals surface area contributed by atoms with Crippen LogP contribution < -0.4 is 135 Å². The second-order valence-corrected chi connectivity index (χ2v) is 41.2. The Labute approximate surface area is 847 Å². The molecule has 0 saturated carbocycles. The summed E-state index contributed by atoms with van der Waals surface area (Å²) in [6.45, 7) is 39.7. The van der Waals surface area contributed by atoms with Gasteiger partial charge in [-0.1, -0.05) is 111 Å². The lowest BCUT2D eigenvalue weighted by molar-refractivity contribution is -0.136. The third-order valence-electron chi connectivity index (χ3n) is 23.2. The maximum atomic E-state index is 14.6. The first kappa shape index (κ1) is 132. The van der Waals surface area contributed by atoms with Gasteiger partial charge in [-0.3, -0.25) is 95.9 Å². The summed E-state index contributed by atoms with van der Waals surface area (Å²) < 4.78 is 0. The number of primary amides is 1. The zero-order valence-corrected chi connectivity index (χ0v) is 89.5. The van der Waals surface area contributed by atoms with Gasteiger partial charge >= 0.3 is 0 Å². The summed E-state index contributed by atoms with van der Waals surface area (Å²) in [5.74, 6) is -16.6. The lowest BCUT2D eigenvalue weighted by Gasteiger charge is -2.29. The first-order chi connectivity index (χ1) is 66.9. The molecule has 0 aromatic rings. The molecule has 0 aromatic heterocycles. The molecule has 0 spiro atoms. The number of carbonyl (C=O) groups is 20. The highest BCUT2D eigenvalue weighted by atomic mass is 16.2. The fourth-order valence-electron chi connectivity index (χ4n) is 15.3. The Morgan fingerprint density at radius 1 is 0.161 bits per heavy atom. The summed E-state index contributed by atoms with van der Waals surface area (Å²) in [4.78, 5) is 279. The van der Waals surface area contributed by atoms with E-state index >= 15 is 0 Å². The van der Waals surface area contributed by atoms with Crippen molar-refractivity contribution in [1.29, 1.82) is 0 Å². The van der Waals surface area contributed by atoms with E-state index in [4.69, 9.17) is 34.4 Å². The van der Waals surface area contributed by atoms with Crippen molar-refractivity contribution in [1.82, 2.24) is 101 Å². The minimum Gasteiger partial charge on any atom is -0.368 e. The molecular weight excluding hydrogens is 1850 g/mol. The molecule has 0 rings (SSSR count). The van der Waals surface area contributed by atoms with Crippen LogP contribution in [0, 0.1) is 47.3 Å². The Morgan fingerprint density at radius 2 is 0.280 bits per heavy atom. The highest BCUT2D eigenvalue weighted by molar-refractivity contribution is 6.02. The Hall–Kier alpha value is -10.8. The van der Waals surface area contributed by atoms with Crippen LogP contribution in [-0.2, 0) is 95.9 Å².